The summed E-state index contributed by atoms with van der Waals surface area (Å²) in [6.07, 6.45) is 9.75. The highest BCUT2D eigenvalue weighted by molar-refractivity contribution is 7.18. The Morgan fingerprint density at radius 3 is 3.00 bits per heavy atom. The molecule has 1 N–H and O–H groups in total. The topological polar surface area (TPSA) is 66.7 Å². The number of piperidine rings is 1. The zero-order chi connectivity index (χ0) is 20.7. The summed E-state index contributed by atoms with van der Waals surface area (Å²) in [5.41, 5.74) is 2.05. The van der Waals surface area contributed by atoms with E-state index >= 15 is 0 Å². The number of pyridine rings is 1. The van der Waals surface area contributed by atoms with E-state index in [2.05, 4.69) is 17.1 Å². The lowest BCUT2D eigenvalue weighted by Crippen LogP contribution is -2.42. The molecule has 1 saturated heterocycles. The molecule has 1 amide bonds. The maximum Gasteiger partial charge on any atom is 0.266 e. The predicted octanol–water partition coefficient (Wildman–Crippen LogP) is 3.39. The zero-order valence-electron chi connectivity index (χ0n) is 17.4. The number of carbonyl (C=O) groups is 1. The molecule has 6 nitrogen and oxygen atoms in total. The lowest BCUT2D eigenvalue weighted by atomic mass is 9.97. The summed E-state index contributed by atoms with van der Waals surface area (Å²) in [5.74, 6) is -0.162. The minimum atomic E-state index is -0.162. The van der Waals surface area contributed by atoms with Gasteiger partial charge in [-0.3, -0.25) is 18.9 Å². The smallest absolute Gasteiger partial charge is 0.266 e. The molecule has 0 saturated carbocycles. The second-order valence-corrected chi connectivity index (χ2v) is 9.64. The van der Waals surface area contributed by atoms with Crippen molar-refractivity contribution in [2.45, 2.75) is 57.9 Å². The highest BCUT2D eigenvalue weighted by Crippen LogP contribution is 2.34. The second kappa shape index (κ2) is 8.12. The first-order valence-electron chi connectivity index (χ1n) is 11.1. The second-order valence-electron chi connectivity index (χ2n) is 8.56. The molecule has 3 aromatic rings. The summed E-state index contributed by atoms with van der Waals surface area (Å²) in [7, 11) is 0. The molecule has 0 aromatic carbocycles. The van der Waals surface area contributed by atoms with Crippen molar-refractivity contribution in [1.82, 2.24) is 19.6 Å². The van der Waals surface area contributed by atoms with E-state index in [-0.39, 0.29) is 11.5 Å². The van der Waals surface area contributed by atoms with Gasteiger partial charge < -0.3 is 5.32 Å². The van der Waals surface area contributed by atoms with Crippen molar-refractivity contribution in [1.29, 1.82) is 0 Å². The van der Waals surface area contributed by atoms with Crippen molar-refractivity contribution in [3.63, 3.8) is 0 Å². The summed E-state index contributed by atoms with van der Waals surface area (Å²) in [6, 6.07) is 4.11. The highest BCUT2D eigenvalue weighted by Gasteiger charge is 2.22. The molecule has 1 aliphatic heterocycles. The van der Waals surface area contributed by atoms with Crippen molar-refractivity contribution in [3.8, 4) is 0 Å². The number of carbonyl (C=O) groups excluding carboxylic acids is 1. The Kier molecular flexibility index (Phi) is 5.33. The fourth-order valence-electron chi connectivity index (χ4n) is 4.92. The molecule has 1 aliphatic carbocycles. The minimum Gasteiger partial charge on any atom is -0.351 e. The molecule has 3 aromatic heterocycles. The van der Waals surface area contributed by atoms with Crippen molar-refractivity contribution in [3.05, 3.63) is 44.7 Å². The van der Waals surface area contributed by atoms with E-state index in [9.17, 15) is 9.59 Å². The molecule has 4 heterocycles. The van der Waals surface area contributed by atoms with Gasteiger partial charge in [-0.2, -0.15) is 0 Å². The van der Waals surface area contributed by atoms with Crippen LogP contribution in [0.4, 0.5) is 0 Å². The number of hydrogen-bond donors (Lipinski definition) is 1. The van der Waals surface area contributed by atoms with E-state index in [1.807, 2.05) is 0 Å². The zero-order valence-corrected chi connectivity index (χ0v) is 18.3. The number of amides is 1. The van der Waals surface area contributed by atoms with Crippen LogP contribution >= 0.6 is 11.3 Å². The molecule has 158 valence electrons. The molecule has 7 heteroatoms. The molecule has 30 heavy (non-hydrogen) atoms. The number of likely N-dealkylation sites (tertiary alicyclic amines) is 1. The fraction of sp³-hybridized carbons (Fsp3) is 0.522. The van der Waals surface area contributed by atoms with Crippen LogP contribution in [0.15, 0.2) is 23.1 Å². The first-order chi connectivity index (χ1) is 14.6. The molecular formula is C23H28N4O2S. The van der Waals surface area contributed by atoms with Gasteiger partial charge in [0.1, 0.15) is 4.83 Å². The number of rotatable bonds is 4. The maximum atomic E-state index is 13.2. The van der Waals surface area contributed by atoms with Crippen molar-refractivity contribution < 1.29 is 4.79 Å². The molecule has 0 bridgehead atoms. The Hall–Kier alpha value is -2.25. The SMILES string of the molecule is C[C@@H]1CCCCN1CCNC(=O)c1cccn2c(=O)c3c4c(sc3nc12)CCCC4. The van der Waals surface area contributed by atoms with Crippen LogP contribution in [0.5, 0.6) is 0 Å². The Morgan fingerprint density at radius 2 is 2.13 bits per heavy atom. The van der Waals surface area contributed by atoms with E-state index in [0.29, 0.717) is 23.8 Å². The van der Waals surface area contributed by atoms with E-state index in [1.54, 1.807) is 34.1 Å². The predicted molar refractivity (Wildman–Crippen MR) is 121 cm³/mol. The van der Waals surface area contributed by atoms with Crippen LogP contribution in [0.25, 0.3) is 15.9 Å². The standard InChI is InChI=1S/C23H28N4O2S/c1-15-7-4-5-12-26(15)14-11-24-21(28)17-9-6-13-27-20(17)25-22-19(23(27)29)16-8-2-3-10-18(16)30-22/h6,9,13,15H,2-5,7-8,10-12,14H2,1H3,(H,24,28)/t15-/m1/s1. The first-order valence-corrected chi connectivity index (χ1v) is 11.9. The van der Waals surface area contributed by atoms with Crippen LogP contribution < -0.4 is 10.9 Å². The van der Waals surface area contributed by atoms with E-state index in [4.69, 9.17) is 4.98 Å². The van der Waals surface area contributed by atoms with Gasteiger partial charge in [0.2, 0.25) is 0 Å². The lowest BCUT2D eigenvalue weighted by Gasteiger charge is -2.33. The van der Waals surface area contributed by atoms with Gasteiger partial charge in [0.25, 0.3) is 11.5 Å². The van der Waals surface area contributed by atoms with Gasteiger partial charge in [-0.15, -0.1) is 11.3 Å². The first kappa shape index (κ1) is 19.7. The average molecular weight is 425 g/mol. The summed E-state index contributed by atoms with van der Waals surface area (Å²) in [4.78, 5) is 35.5. The number of fused-ring (bicyclic) bond motifs is 4. The van der Waals surface area contributed by atoms with Gasteiger partial charge >= 0.3 is 0 Å². The van der Waals surface area contributed by atoms with Crippen molar-refractivity contribution >= 4 is 33.1 Å². The van der Waals surface area contributed by atoms with Crippen molar-refractivity contribution in [2.24, 2.45) is 0 Å². The molecule has 0 radical (unpaired) electrons. The van der Waals surface area contributed by atoms with Gasteiger partial charge in [-0.05, 0) is 69.7 Å². The number of thiophene rings is 1. The van der Waals surface area contributed by atoms with Crippen LogP contribution in [0.3, 0.4) is 0 Å². The normalized spacial score (nSPS) is 19.8. The monoisotopic (exact) mass is 424 g/mol. The summed E-state index contributed by atoms with van der Waals surface area (Å²) in [5, 5.41) is 3.80. The van der Waals surface area contributed by atoms with Crippen LogP contribution in [0.1, 0.15) is 59.8 Å². The number of nitrogens with zero attached hydrogens (tertiary/aromatic N) is 3. The molecule has 1 fully saturated rings. The summed E-state index contributed by atoms with van der Waals surface area (Å²) in [6.45, 7) is 4.81. The van der Waals surface area contributed by atoms with Gasteiger partial charge in [0.15, 0.2) is 5.65 Å². The van der Waals surface area contributed by atoms with Crippen LogP contribution in [0, 0.1) is 0 Å². The summed E-state index contributed by atoms with van der Waals surface area (Å²) >= 11 is 1.62. The lowest BCUT2D eigenvalue weighted by molar-refractivity contribution is 0.0939. The quantitative estimate of drug-likeness (QED) is 0.697. The Labute approximate surface area is 179 Å². The molecule has 0 spiro atoms. The largest absolute Gasteiger partial charge is 0.351 e. The Balaban J connectivity index is 1.43. The maximum absolute atomic E-state index is 13.2. The Morgan fingerprint density at radius 1 is 1.27 bits per heavy atom. The Bertz CT molecular complexity index is 1170. The van der Waals surface area contributed by atoms with Gasteiger partial charge in [-0.1, -0.05) is 6.42 Å². The van der Waals surface area contributed by atoms with Crippen LogP contribution in [0.2, 0.25) is 0 Å². The molecule has 0 unspecified atom stereocenters. The third-order valence-corrected chi connectivity index (χ3v) is 7.82. The van der Waals surface area contributed by atoms with E-state index in [1.165, 1.54) is 36.1 Å². The third kappa shape index (κ3) is 3.44. The van der Waals surface area contributed by atoms with Crippen molar-refractivity contribution in [2.75, 3.05) is 19.6 Å². The summed E-state index contributed by atoms with van der Waals surface area (Å²) < 4.78 is 1.55. The fourth-order valence-corrected chi connectivity index (χ4v) is 6.17. The van der Waals surface area contributed by atoms with E-state index in [0.717, 1.165) is 42.6 Å². The van der Waals surface area contributed by atoms with Gasteiger partial charge in [0, 0.05) is 30.2 Å². The van der Waals surface area contributed by atoms with Gasteiger partial charge in [-0.25, -0.2) is 4.98 Å². The number of aryl methyl sites for hydroxylation is 2. The third-order valence-electron chi connectivity index (χ3n) is 6.63. The molecule has 1 atom stereocenters. The number of hydrogen-bond acceptors (Lipinski definition) is 5. The molecular weight excluding hydrogens is 396 g/mol. The van der Waals surface area contributed by atoms with Crippen LogP contribution in [-0.2, 0) is 12.8 Å². The average Bonchev–Trinajstić information content (AvgIpc) is 3.13. The molecule has 5 rings (SSSR count). The van der Waals surface area contributed by atoms with Crippen LogP contribution in [-0.4, -0.2) is 45.9 Å². The van der Waals surface area contributed by atoms with Gasteiger partial charge in [0.05, 0.1) is 10.9 Å². The highest BCUT2D eigenvalue weighted by atomic mass is 32.1. The number of nitrogens with one attached hydrogen (secondary N) is 1. The molecule has 2 aliphatic rings. The van der Waals surface area contributed by atoms with E-state index < -0.39 is 0 Å². The number of aromatic nitrogens is 2. The minimum absolute atomic E-state index is 0.0498.